The van der Waals surface area contributed by atoms with Gasteiger partial charge in [-0.3, -0.25) is 4.79 Å². The van der Waals surface area contributed by atoms with Gasteiger partial charge in [0.1, 0.15) is 0 Å². The maximum Gasteiger partial charge on any atom is 0.240 e. The molecular formula is C18H28N2O. The predicted octanol–water partition coefficient (Wildman–Crippen LogP) is 4.47. The van der Waals surface area contributed by atoms with Crippen molar-refractivity contribution in [3.63, 3.8) is 0 Å². The molecule has 0 spiro atoms. The SMILES string of the molecule is CCCCCCCCC(=O)NN=CCCc1ccccc1. The molecule has 1 aromatic rings. The van der Waals surface area contributed by atoms with Crippen molar-refractivity contribution in [3.8, 4) is 0 Å². The lowest BCUT2D eigenvalue weighted by Crippen LogP contribution is -2.16. The van der Waals surface area contributed by atoms with E-state index in [0.29, 0.717) is 6.42 Å². The van der Waals surface area contributed by atoms with Crippen LogP contribution in [0.3, 0.4) is 0 Å². The van der Waals surface area contributed by atoms with Crippen LogP contribution in [-0.4, -0.2) is 12.1 Å². The summed E-state index contributed by atoms with van der Waals surface area (Å²) in [5.41, 5.74) is 3.90. The minimum atomic E-state index is 0.0291. The van der Waals surface area contributed by atoms with Crippen molar-refractivity contribution in [2.45, 2.75) is 64.7 Å². The van der Waals surface area contributed by atoms with Crippen molar-refractivity contribution in [1.82, 2.24) is 5.43 Å². The van der Waals surface area contributed by atoms with Gasteiger partial charge in [0.2, 0.25) is 5.91 Å². The van der Waals surface area contributed by atoms with Crippen LogP contribution in [-0.2, 0) is 11.2 Å². The summed E-state index contributed by atoms with van der Waals surface area (Å²) in [6.45, 7) is 2.21. The van der Waals surface area contributed by atoms with Crippen LogP contribution in [0.5, 0.6) is 0 Å². The predicted molar refractivity (Wildman–Crippen MR) is 89.4 cm³/mol. The van der Waals surface area contributed by atoms with E-state index in [1.165, 1.54) is 31.2 Å². The van der Waals surface area contributed by atoms with Crippen molar-refractivity contribution in [2.24, 2.45) is 5.10 Å². The largest absolute Gasteiger partial charge is 0.273 e. The van der Waals surface area contributed by atoms with Crippen molar-refractivity contribution < 1.29 is 4.79 Å². The molecule has 0 bridgehead atoms. The van der Waals surface area contributed by atoms with Gasteiger partial charge in [0.25, 0.3) is 0 Å². The second kappa shape index (κ2) is 12.1. The zero-order valence-electron chi connectivity index (χ0n) is 13.2. The summed E-state index contributed by atoms with van der Waals surface area (Å²) in [7, 11) is 0. The molecule has 0 saturated carbocycles. The number of carbonyl (C=O) groups excluding carboxylic acids is 1. The van der Waals surface area contributed by atoms with Crippen LogP contribution >= 0.6 is 0 Å². The molecule has 0 saturated heterocycles. The van der Waals surface area contributed by atoms with Crippen molar-refractivity contribution in [3.05, 3.63) is 35.9 Å². The van der Waals surface area contributed by atoms with Crippen LogP contribution in [0.15, 0.2) is 35.4 Å². The van der Waals surface area contributed by atoms with E-state index in [-0.39, 0.29) is 5.91 Å². The fraction of sp³-hybridized carbons (Fsp3) is 0.556. The Morgan fingerprint density at radius 3 is 2.57 bits per heavy atom. The van der Waals surface area contributed by atoms with Gasteiger partial charge in [0.05, 0.1) is 0 Å². The number of carbonyl (C=O) groups is 1. The maximum absolute atomic E-state index is 11.5. The average Bonchev–Trinajstić information content (AvgIpc) is 2.51. The molecule has 3 heteroatoms. The summed E-state index contributed by atoms with van der Waals surface area (Å²) < 4.78 is 0. The van der Waals surface area contributed by atoms with Crippen LogP contribution in [0.25, 0.3) is 0 Å². The molecule has 0 aromatic heterocycles. The summed E-state index contributed by atoms with van der Waals surface area (Å²) >= 11 is 0. The average molecular weight is 288 g/mol. The van der Waals surface area contributed by atoms with E-state index in [2.05, 4.69) is 29.6 Å². The molecule has 1 aromatic carbocycles. The second-order valence-corrected chi connectivity index (χ2v) is 5.39. The zero-order chi connectivity index (χ0) is 15.2. The summed E-state index contributed by atoms with van der Waals surface area (Å²) in [6, 6.07) is 10.3. The molecule has 1 N–H and O–H groups in total. The molecule has 0 aliphatic rings. The van der Waals surface area contributed by atoms with Gasteiger partial charge in [-0.2, -0.15) is 5.10 Å². The lowest BCUT2D eigenvalue weighted by atomic mass is 10.1. The van der Waals surface area contributed by atoms with Crippen LogP contribution < -0.4 is 5.43 Å². The standard InChI is InChI=1S/C18H28N2O/c1-2-3-4-5-6-10-15-18(21)20-19-16-11-14-17-12-8-7-9-13-17/h7-9,12-13,16H,2-6,10-11,14-15H2,1H3,(H,20,21). The van der Waals surface area contributed by atoms with Gasteiger partial charge in [0, 0.05) is 12.6 Å². The molecular weight excluding hydrogens is 260 g/mol. The molecule has 0 aliphatic heterocycles. The van der Waals surface area contributed by atoms with E-state index in [9.17, 15) is 4.79 Å². The Morgan fingerprint density at radius 2 is 1.81 bits per heavy atom. The molecule has 0 unspecified atom stereocenters. The van der Waals surface area contributed by atoms with Crippen molar-refractivity contribution in [2.75, 3.05) is 0 Å². The number of rotatable bonds is 11. The first-order valence-corrected chi connectivity index (χ1v) is 8.17. The molecule has 0 aliphatic carbocycles. The van der Waals surface area contributed by atoms with Crippen molar-refractivity contribution >= 4 is 12.1 Å². The van der Waals surface area contributed by atoms with Gasteiger partial charge in [0.15, 0.2) is 0 Å². The minimum Gasteiger partial charge on any atom is -0.273 e. The summed E-state index contributed by atoms with van der Waals surface area (Å²) in [5, 5.41) is 3.99. The third-order valence-electron chi connectivity index (χ3n) is 3.44. The number of nitrogens with one attached hydrogen (secondary N) is 1. The van der Waals surface area contributed by atoms with E-state index >= 15 is 0 Å². The number of hydrogen-bond donors (Lipinski definition) is 1. The molecule has 21 heavy (non-hydrogen) atoms. The highest BCUT2D eigenvalue weighted by Gasteiger charge is 1.98. The summed E-state index contributed by atoms with van der Waals surface area (Å²) in [6.07, 6.45) is 11.4. The van der Waals surface area contributed by atoms with Crippen LogP contribution in [0.4, 0.5) is 0 Å². The van der Waals surface area contributed by atoms with E-state index in [0.717, 1.165) is 25.7 Å². The fourth-order valence-electron chi connectivity index (χ4n) is 2.18. The summed E-state index contributed by atoms with van der Waals surface area (Å²) in [5.74, 6) is 0.0291. The fourth-order valence-corrected chi connectivity index (χ4v) is 2.18. The van der Waals surface area contributed by atoms with Crippen LogP contribution in [0.1, 0.15) is 63.9 Å². The third-order valence-corrected chi connectivity index (χ3v) is 3.44. The molecule has 3 nitrogen and oxygen atoms in total. The Bertz CT molecular complexity index is 401. The van der Waals surface area contributed by atoms with Gasteiger partial charge in [-0.1, -0.05) is 69.4 Å². The minimum absolute atomic E-state index is 0.0291. The molecule has 1 amide bonds. The van der Waals surface area contributed by atoms with Crippen LogP contribution in [0, 0.1) is 0 Å². The monoisotopic (exact) mass is 288 g/mol. The summed E-state index contributed by atoms with van der Waals surface area (Å²) in [4.78, 5) is 11.5. The topological polar surface area (TPSA) is 41.5 Å². The normalized spacial score (nSPS) is 10.9. The Balaban J connectivity index is 1.98. The smallest absolute Gasteiger partial charge is 0.240 e. The number of amides is 1. The molecule has 0 radical (unpaired) electrons. The van der Waals surface area contributed by atoms with E-state index in [4.69, 9.17) is 0 Å². The molecule has 1 rings (SSSR count). The highest BCUT2D eigenvalue weighted by molar-refractivity contribution is 5.76. The van der Waals surface area contributed by atoms with Gasteiger partial charge in [-0.15, -0.1) is 0 Å². The van der Waals surface area contributed by atoms with Gasteiger partial charge in [-0.25, -0.2) is 5.43 Å². The number of unbranched alkanes of at least 4 members (excludes halogenated alkanes) is 5. The first-order valence-electron chi connectivity index (χ1n) is 8.17. The number of benzene rings is 1. The zero-order valence-corrected chi connectivity index (χ0v) is 13.2. The highest BCUT2D eigenvalue weighted by Crippen LogP contribution is 2.06. The van der Waals surface area contributed by atoms with Crippen molar-refractivity contribution in [1.29, 1.82) is 0 Å². The van der Waals surface area contributed by atoms with E-state index in [1.54, 1.807) is 6.21 Å². The number of nitrogens with zero attached hydrogens (tertiary/aromatic N) is 1. The Morgan fingerprint density at radius 1 is 1.10 bits per heavy atom. The van der Waals surface area contributed by atoms with E-state index in [1.807, 2.05) is 18.2 Å². The van der Waals surface area contributed by atoms with Gasteiger partial charge in [-0.05, 0) is 24.8 Å². The lowest BCUT2D eigenvalue weighted by molar-refractivity contribution is -0.121. The number of hydrazone groups is 1. The second-order valence-electron chi connectivity index (χ2n) is 5.39. The molecule has 0 fully saturated rings. The highest BCUT2D eigenvalue weighted by atomic mass is 16.2. The third kappa shape index (κ3) is 9.83. The lowest BCUT2D eigenvalue weighted by Gasteiger charge is -2.01. The van der Waals surface area contributed by atoms with Gasteiger partial charge >= 0.3 is 0 Å². The molecule has 0 atom stereocenters. The van der Waals surface area contributed by atoms with Gasteiger partial charge < -0.3 is 0 Å². The number of hydrogen-bond acceptors (Lipinski definition) is 2. The maximum atomic E-state index is 11.5. The van der Waals surface area contributed by atoms with E-state index < -0.39 is 0 Å². The first-order chi connectivity index (χ1) is 10.3. The molecule has 116 valence electrons. The van der Waals surface area contributed by atoms with Crippen LogP contribution in [0.2, 0.25) is 0 Å². The Hall–Kier alpha value is -1.64. The Kier molecular flexibility index (Phi) is 10.1. The number of aryl methyl sites for hydroxylation is 1. The molecule has 0 heterocycles. The first kappa shape index (κ1) is 17.4. The Labute approximate surface area is 128 Å². The quantitative estimate of drug-likeness (QED) is 0.364.